The first-order valence-corrected chi connectivity index (χ1v) is 4.74. The Balaban J connectivity index is 3.69. The predicted octanol–water partition coefficient (Wildman–Crippen LogP) is 1.87. The van der Waals surface area contributed by atoms with Crippen LogP contribution < -0.4 is 5.32 Å². The van der Waals surface area contributed by atoms with E-state index in [9.17, 15) is 13.2 Å². The van der Waals surface area contributed by atoms with Gasteiger partial charge in [-0.05, 0) is 40.5 Å². The van der Waals surface area contributed by atoms with E-state index < -0.39 is 12.6 Å². The number of nitrogens with zero attached hydrogens (tertiary/aromatic N) is 1. The normalized spacial score (nSPS) is 14.8. The third-order valence-corrected chi connectivity index (χ3v) is 2.11. The van der Waals surface area contributed by atoms with Gasteiger partial charge in [0, 0.05) is 12.5 Å². The number of nitrogens with one attached hydrogen (secondary N) is 1. The van der Waals surface area contributed by atoms with Gasteiger partial charge in [-0.25, -0.2) is 0 Å². The molecule has 0 aromatic carbocycles. The number of hydrogen-bond donors (Lipinski definition) is 1. The Morgan fingerprint density at radius 3 is 2.14 bits per heavy atom. The van der Waals surface area contributed by atoms with Gasteiger partial charge in [0.1, 0.15) is 0 Å². The van der Waals surface area contributed by atoms with E-state index in [0.717, 1.165) is 13.0 Å². The maximum absolute atomic E-state index is 11.9. The molecule has 1 N–H and O–H groups in total. The molecule has 0 amide bonds. The van der Waals surface area contributed by atoms with E-state index in [1.165, 1.54) is 0 Å². The van der Waals surface area contributed by atoms with Crippen molar-refractivity contribution in [2.45, 2.75) is 31.5 Å². The van der Waals surface area contributed by atoms with E-state index in [-0.39, 0.29) is 12.5 Å². The quantitative estimate of drug-likeness (QED) is 0.723. The van der Waals surface area contributed by atoms with Crippen LogP contribution in [0.1, 0.15) is 19.3 Å². The smallest absolute Gasteiger partial charge is 0.317 e. The Kier molecular flexibility index (Phi) is 6.11. The van der Waals surface area contributed by atoms with Crippen LogP contribution in [0.2, 0.25) is 0 Å². The summed E-state index contributed by atoms with van der Waals surface area (Å²) in [5, 5.41) is 2.90. The zero-order valence-electron chi connectivity index (χ0n) is 8.99. The van der Waals surface area contributed by atoms with Crippen molar-refractivity contribution in [2.75, 3.05) is 27.7 Å². The fourth-order valence-electron chi connectivity index (χ4n) is 1.18. The first-order valence-electron chi connectivity index (χ1n) is 4.74. The van der Waals surface area contributed by atoms with Gasteiger partial charge in [-0.3, -0.25) is 0 Å². The first kappa shape index (κ1) is 13.7. The molecule has 0 rings (SSSR count). The molecule has 1 atom stereocenters. The predicted molar refractivity (Wildman–Crippen MR) is 51.3 cm³/mol. The van der Waals surface area contributed by atoms with Crippen LogP contribution in [0.5, 0.6) is 0 Å². The number of halogens is 3. The molecule has 0 aromatic heterocycles. The van der Waals surface area contributed by atoms with Gasteiger partial charge in [-0.2, -0.15) is 13.2 Å². The molecule has 0 aliphatic rings. The van der Waals surface area contributed by atoms with Crippen LogP contribution in [0.4, 0.5) is 13.2 Å². The monoisotopic (exact) mass is 212 g/mol. The van der Waals surface area contributed by atoms with Gasteiger partial charge in [0.05, 0.1) is 0 Å². The molecule has 0 aliphatic carbocycles. The summed E-state index contributed by atoms with van der Waals surface area (Å²) in [5.41, 5.74) is 0. The van der Waals surface area contributed by atoms with Crippen molar-refractivity contribution in [2.24, 2.45) is 0 Å². The molecule has 0 saturated heterocycles. The summed E-state index contributed by atoms with van der Waals surface area (Å²) < 4.78 is 35.7. The molecule has 2 nitrogen and oxygen atoms in total. The first-order chi connectivity index (χ1) is 6.35. The Hall–Kier alpha value is -0.290. The average molecular weight is 212 g/mol. The summed E-state index contributed by atoms with van der Waals surface area (Å²) in [7, 11) is 5.53. The van der Waals surface area contributed by atoms with Crippen molar-refractivity contribution in [3.8, 4) is 0 Å². The van der Waals surface area contributed by atoms with Gasteiger partial charge in [0.15, 0.2) is 0 Å². The van der Waals surface area contributed by atoms with Crippen LogP contribution in [0.3, 0.4) is 0 Å². The van der Waals surface area contributed by atoms with Crippen molar-refractivity contribution in [1.29, 1.82) is 0 Å². The van der Waals surface area contributed by atoms with Crippen molar-refractivity contribution in [3.63, 3.8) is 0 Å². The Morgan fingerprint density at radius 1 is 1.21 bits per heavy atom. The lowest BCUT2D eigenvalue weighted by Gasteiger charge is -2.19. The fraction of sp³-hybridized carbons (Fsp3) is 1.00. The third kappa shape index (κ3) is 8.31. The van der Waals surface area contributed by atoms with E-state index >= 15 is 0 Å². The van der Waals surface area contributed by atoms with Crippen molar-refractivity contribution in [1.82, 2.24) is 10.2 Å². The van der Waals surface area contributed by atoms with E-state index in [2.05, 4.69) is 5.32 Å². The van der Waals surface area contributed by atoms with Crippen molar-refractivity contribution >= 4 is 0 Å². The molecule has 86 valence electrons. The average Bonchev–Trinajstić information content (AvgIpc) is 2.02. The van der Waals surface area contributed by atoms with Crippen molar-refractivity contribution < 1.29 is 13.2 Å². The summed E-state index contributed by atoms with van der Waals surface area (Å²) in [6, 6.07) is -0.0426. The van der Waals surface area contributed by atoms with Gasteiger partial charge < -0.3 is 10.2 Å². The second kappa shape index (κ2) is 6.24. The number of hydrogen-bond acceptors (Lipinski definition) is 2. The highest BCUT2D eigenvalue weighted by Crippen LogP contribution is 2.22. The van der Waals surface area contributed by atoms with E-state index in [1.54, 1.807) is 7.05 Å². The van der Waals surface area contributed by atoms with Crippen LogP contribution in [-0.4, -0.2) is 44.8 Å². The summed E-state index contributed by atoms with van der Waals surface area (Å²) in [6.45, 7) is 0.809. The molecule has 0 heterocycles. The van der Waals surface area contributed by atoms with Gasteiger partial charge in [0.2, 0.25) is 0 Å². The minimum absolute atomic E-state index is 0.0426. The topological polar surface area (TPSA) is 15.3 Å². The molecule has 0 aliphatic heterocycles. The summed E-state index contributed by atoms with van der Waals surface area (Å²) in [6.07, 6.45) is -3.83. The van der Waals surface area contributed by atoms with E-state index in [0.29, 0.717) is 0 Å². The molecule has 0 saturated carbocycles. The van der Waals surface area contributed by atoms with Gasteiger partial charge in [-0.15, -0.1) is 0 Å². The maximum Gasteiger partial charge on any atom is 0.389 e. The maximum atomic E-state index is 11.9. The minimum Gasteiger partial charge on any atom is -0.317 e. The third-order valence-electron chi connectivity index (χ3n) is 2.11. The number of rotatable bonds is 6. The van der Waals surface area contributed by atoms with E-state index in [1.807, 2.05) is 19.0 Å². The van der Waals surface area contributed by atoms with E-state index in [4.69, 9.17) is 0 Å². The highest BCUT2D eigenvalue weighted by molar-refractivity contribution is 4.68. The van der Waals surface area contributed by atoms with Crippen LogP contribution in [-0.2, 0) is 0 Å². The molecule has 5 heteroatoms. The zero-order valence-corrected chi connectivity index (χ0v) is 8.99. The SMILES string of the molecule is CNC(CCN(C)C)CCC(F)(F)F. The lowest BCUT2D eigenvalue weighted by Crippen LogP contribution is -2.30. The molecule has 14 heavy (non-hydrogen) atoms. The Bertz CT molecular complexity index is 145. The second-order valence-corrected chi connectivity index (χ2v) is 3.73. The lowest BCUT2D eigenvalue weighted by molar-refractivity contribution is -0.136. The largest absolute Gasteiger partial charge is 0.389 e. The van der Waals surface area contributed by atoms with Crippen LogP contribution in [0.25, 0.3) is 0 Å². The van der Waals surface area contributed by atoms with Crippen LogP contribution in [0, 0.1) is 0 Å². The number of alkyl halides is 3. The van der Waals surface area contributed by atoms with Crippen molar-refractivity contribution in [3.05, 3.63) is 0 Å². The summed E-state index contributed by atoms with van der Waals surface area (Å²) in [4.78, 5) is 1.97. The Morgan fingerprint density at radius 2 is 1.79 bits per heavy atom. The lowest BCUT2D eigenvalue weighted by atomic mass is 10.1. The highest BCUT2D eigenvalue weighted by atomic mass is 19.4. The Labute approximate surface area is 83.5 Å². The minimum atomic E-state index is -4.03. The molecule has 0 radical (unpaired) electrons. The molecule has 0 spiro atoms. The van der Waals surface area contributed by atoms with Gasteiger partial charge >= 0.3 is 6.18 Å². The highest BCUT2D eigenvalue weighted by Gasteiger charge is 2.27. The van der Waals surface area contributed by atoms with Gasteiger partial charge in [0.25, 0.3) is 0 Å². The molecule has 0 aromatic rings. The van der Waals surface area contributed by atoms with Crippen LogP contribution in [0.15, 0.2) is 0 Å². The fourth-order valence-corrected chi connectivity index (χ4v) is 1.18. The van der Waals surface area contributed by atoms with Gasteiger partial charge in [-0.1, -0.05) is 0 Å². The zero-order chi connectivity index (χ0) is 11.2. The second-order valence-electron chi connectivity index (χ2n) is 3.73. The molecule has 0 fully saturated rings. The molecule has 0 bridgehead atoms. The molecular formula is C9H19F3N2. The van der Waals surface area contributed by atoms with Crippen LogP contribution >= 0.6 is 0 Å². The summed E-state index contributed by atoms with van der Waals surface area (Å²) in [5.74, 6) is 0. The standard InChI is InChI=1S/C9H19F3N2/c1-13-8(5-7-14(2)3)4-6-9(10,11)12/h8,13H,4-7H2,1-3H3. The molecular weight excluding hydrogens is 193 g/mol. The molecule has 1 unspecified atom stereocenters. The summed E-state index contributed by atoms with van der Waals surface area (Å²) >= 11 is 0.